The van der Waals surface area contributed by atoms with E-state index >= 15 is 0 Å². The molecule has 1 aromatic heterocycles. The third-order valence-corrected chi connectivity index (χ3v) is 3.59. The van der Waals surface area contributed by atoms with Crippen molar-refractivity contribution in [3.8, 4) is 11.5 Å². The number of carbonyl (C=O) groups excluding carboxylic acids is 1. The summed E-state index contributed by atoms with van der Waals surface area (Å²) < 4.78 is 17.2. The SMILES string of the molecule is O=C(c1ccc2c(c1)OCO2)n1ccc(/C=C/C2=CCCO2)n1. The second kappa shape index (κ2) is 5.64. The number of aromatic nitrogens is 2. The lowest BCUT2D eigenvalue weighted by atomic mass is 10.2. The van der Waals surface area contributed by atoms with E-state index in [1.54, 1.807) is 30.5 Å². The molecule has 4 rings (SSSR count). The summed E-state index contributed by atoms with van der Waals surface area (Å²) in [5.41, 5.74) is 1.19. The summed E-state index contributed by atoms with van der Waals surface area (Å²) in [5, 5.41) is 4.27. The fourth-order valence-corrected chi connectivity index (χ4v) is 2.42. The molecular weight excluding hydrogens is 296 g/mol. The van der Waals surface area contributed by atoms with Gasteiger partial charge in [0.2, 0.25) is 6.79 Å². The number of allylic oxidation sites excluding steroid dienone is 1. The Morgan fingerprint density at radius 2 is 2.04 bits per heavy atom. The highest BCUT2D eigenvalue weighted by atomic mass is 16.7. The molecule has 6 heteroatoms. The van der Waals surface area contributed by atoms with Gasteiger partial charge in [0.15, 0.2) is 11.5 Å². The maximum absolute atomic E-state index is 12.5. The highest BCUT2D eigenvalue weighted by molar-refractivity contribution is 5.96. The number of rotatable bonds is 3. The zero-order valence-corrected chi connectivity index (χ0v) is 12.3. The number of carbonyl (C=O) groups is 1. The maximum atomic E-state index is 12.5. The summed E-state index contributed by atoms with van der Waals surface area (Å²) in [4.78, 5) is 12.5. The van der Waals surface area contributed by atoms with Crippen LogP contribution in [0.4, 0.5) is 0 Å². The van der Waals surface area contributed by atoms with Gasteiger partial charge in [-0.3, -0.25) is 4.79 Å². The van der Waals surface area contributed by atoms with Crippen molar-refractivity contribution in [1.29, 1.82) is 0 Å². The molecule has 6 nitrogen and oxygen atoms in total. The van der Waals surface area contributed by atoms with Gasteiger partial charge in [0.1, 0.15) is 5.76 Å². The van der Waals surface area contributed by atoms with E-state index in [1.165, 1.54) is 4.68 Å². The topological polar surface area (TPSA) is 62.6 Å². The van der Waals surface area contributed by atoms with Gasteiger partial charge in [0.25, 0.3) is 5.91 Å². The molecule has 0 spiro atoms. The minimum atomic E-state index is -0.223. The van der Waals surface area contributed by atoms with Crippen molar-refractivity contribution in [3.63, 3.8) is 0 Å². The van der Waals surface area contributed by atoms with E-state index < -0.39 is 0 Å². The van der Waals surface area contributed by atoms with Crippen LogP contribution in [0.25, 0.3) is 6.08 Å². The molecule has 0 bridgehead atoms. The first kappa shape index (κ1) is 13.6. The number of hydrogen-bond acceptors (Lipinski definition) is 5. The lowest BCUT2D eigenvalue weighted by Gasteiger charge is -2.02. The van der Waals surface area contributed by atoms with Gasteiger partial charge in [-0.2, -0.15) is 5.10 Å². The van der Waals surface area contributed by atoms with E-state index in [2.05, 4.69) is 5.10 Å². The van der Waals surface area contributed by atoms with Gasteiger partial charge in [-0.15, -0.1) is 0 Å². The van der Waals surface area contributed by atoms with E-state index in [-0.39, 0.29) is 12.7 Å². The number of benzene rings is 1. The van der Waals surface area contributed by atoms with Crippen LogP contribution >= 0.6 is 0 Å². The summed E-state index contributed by atoms with van der Waals surface area (Å²) in [6.07, 6.45) is 8.25. The maximum Gasteiger partial charge on any atom is 0.278 e. The van der Waals surface area contributed by atoms with Crippen LogP contribution in [0.3, 0.4) is 0 Å². The van der Waals surface area contributed by atoms with E-state index in [1.807, 2.05) is 18.2 Å². The Kier molecular flexibility index (Phi) is 3.34. The Balaban J connectivity index is 1.53. The first-order chi connectivity index (χ1) is 11.3. The monoisotopic (exact) mass is 310 g/mol. The van der Waals surface area contributed by atoms with Crippen LogP contribution in [0.2, 0.25) is 0 Å². The first-order valence-corrected chi connectivity index (χ1v) is 7.31. The molecular formula is C17H14N2O4. The Morgan fingerprint density at radius 3 is 2.91 bits per heavy atom. The van der Waals surface area contributed by atoms with Crippen LogP contribution in [-0.4, -0.2) is 29.1 Å². The number of fused-ring (bicyclic) bond motifs is 1. The van der Waals surface area contributed by atoms with Crippen molar-refractivity contribution >= 4 is 12.0 Å². The molecule has 0 atom stereocenters. The summed E-state index contributed by atoms with van der Waals surface area (Å²) >= 11 is 0. The fraction of sp³-hybridized carbons (Fsp3) is 0.176. The predicted octanol–water partition coefficient (Wildman–Crippen LogP) is 2.62. The van der Waals surface area contributed by atoms with Crippen molar-refractivity contribution in [2.45, 2.75) is 6.42 Å². The van der Waals surface area contributed by atoms with Gasteiger partial charge in [-0.25, -0.2) is 4.68 Å². The van der Waals surface area contributed by atoms with Crippen LogP contribution in [0.1, 0.15) is 22.5 Å². The molecule has 0 saturated carbocycles. The van der Waals surface area contributed by atoms with E-state index in [0.29, 0.717) is 22.8 Å². The van der Waals surface area contributed by atoms with Crippen LogP contribution < -0.4 is 9.47 Å². The average molecular weight is 310 g/mol. The zero-order valence-electron chi connectivity index (χ0n) is 12.3. The molecule has 0 N–H and O–H groups in total. The highest BCUT2D eigenvalue weighted by Gasteiger charge is 2.17. The van der Waals surface area contributed by atoms with Gasteiger partial charge in [-0.05, 0) is 42.5 Å². The van der Waals surface area contributed by atoms with E-state index in [4.69, 9.17) is 14.2 Å². The van der Waals surface area contributed by atoms with E-state index in [9.17, 15) is 4.79 Å². The minimum Gasteiger partial charge on any atom is -0.494 e. The van der Waals surface area contributed by atoms with Crippen molar-refractivity contribution in [1.82, 2.24) is 9.78 Å². The molecule has 0 fully saturated rings. The fourth-order valence-electron chi connectivity index (χ4n) is 2.42. The lowest BCUT2D eigenvalue weighted by Crippen LogP contribution is -2.12. The Morgan fingerprint density at radius 1 is 1.13 bits per heavy atom. The van der Waals surface area contributed by atoms with Crippen LogP contribution in [0.5, 0.6) is 11.5 Å². The Labute approximate surface area is 132 Å². The third-order valence-electron chi connectivity index (χ3n) is 3.59. The molecule has 2 aliphatic heterocycles. The molecule has 3 heterocycles. The van der Waals surface area contributed by atoms with Crippen LogP contribution in [-0.2, 0) is 4.74 Å². The molecule has 0 unspecified atom stereocenters. The Hall–Kier alpha value is -3.02. The second-order valence-corrected chi connectivity index (χ2v) is 5.14. The molecule has 2 aromatic rings. The zero-order chi connectivity index (χ0) is 15.6. The van der Waals surface area contributed by atoms with Crippen molar-refractivity contribution < 1.29 is 19.0 Å². The summed E-state index contributed by atoms with van der Waals surface area (Å²) in [6.45, 7) is 0.901. The van der Waals surface area contributed by atoms with Crippen molar-refractivity contribution in [3.05, 3.63) is 59.6 Å². The standard InChI is InChI=1S/C17H14N2O4/c20-17(12-3-6-15-16(10-12)23-11-22-15)19-8-7-13(18-19)4-5-14-2-1-9-21-14/h2-8,10H,1,9,11H2/b5-4+. The van der Waals surface area contributed by atoms with Gasteiger partial charge in [0.05, 0.1) is 12.3 Å². The van der Waals surface area contributed by atoms with Crippen LogP contribution in [0, 0.1) is 0 Å². The van der Waals surface area contributed by atoms with Gasteiger partial charge >= 0.3 is 0 Å². The number of hydrogen-bond donors (Lipinski definition) is 0. The molecule has 2 aliphatic rings. The van der Waals surface area contributed by atoms with Crippen molar-refractivity contribution in [2.24, 2.45) is 0 Å². The normalized spacial score (nSPS) is 15.7. The largest absolute Gasteiger partial charge is 0.494 e. The van der Waals surface area contributed by atoms with Gasteiger partial charge in [0, 0.05) is 18.2 Å². The van der Waals surface area contributed by atoms with Gasteiger partial charge < -0.3 is 14.2 Å². The molecule has 0 amide bonds. The lowest BCUT2D eigenvalue weighted by molar-refractivity contribution is 0.0944. The average Bonchev–Trinajstić information content (AvgIpc) is 3.31. The molecule has 116 valence electrons. The summed E-state index contributed by atoms with van der Waals surface area (Å²) in [6, 6.07) is 6.87. The predicted molar refractivity (Wildman–Crippen MR) is 82.2 cm³/mol. The number of nitrogens with zero attached hydrogens (tertiary/aromatic N) is 2. The molecule has 0 radical (unpaired) electrons. The summed E-state index contributed by atoms with van der Waals surface area (Å²) in [5.74, 6) is 1.84. The third kappa shape index (κ3) is 2.70. The Bertz CT molecular complexity index is 820. The van der Waals surface area contributed by atoms with Crippen LogP contribution in [0.15, 0.2) is 48.4 Å². The molecule has 23 heavy (non-hydrogen) atoms. The van der Waals surface area contributed by atoms with Crippen molar-refractivity contribution in [2.75, 3.05) is 13.4 Å². The number of ether oxygens (including phenoxy) is 3. The summed E-state index contributed by atoms with van der Waals surface area (Å²) in [7, 11) is 0. The van der Waals surface area contributed by atoms with E-state index in [0.717, 1.165) is 18.8 Å². The minimum absolute atomic E-state index is 0.182. The molecule has 1 aromatic carbocycles. The highest BCUT2D eigenvalue weighted by Crippen LogP contribution is 2.32. The van der Waals surface area contributed by atoms with Gasteiger partial charge in [-0.1, -0.05) is 0 Å². The smallest absolute Gasteiger partial charge is 0.278 e. The molecule has 0 saturated heterocycles. The molecule has 0 aliphatic carbocycles. The quantitative estimate of drug-likeness (QED) is 0.872. The second-order valence-electron chi connectivity index (χ2n) is 5.14. The first-order valence-electron chi connectivity index (χ1n) is 7.31.